The van der Waals surface area contributed by atoms with Gasteiger partial charge in [-0.2, -0.15) is 0 Å². The quantitative estimate of drug-likeness (QED) is 0.372. The molecule has 0 heterocycles. The van der Waals surface area contributed by atoms with Crippen molar-refractivity contribution in [3.63, 3.8) is 0 Å². The van der Waals surface area contributed by atoms with Crippen molar-refractivity contribution in [1.29, 1.82) is 0 Å². The summed E-state index contributed by atoms with van der Waals surface area (Å²) < 4.78 is 4.74. The smallest absolute Gasteiger partial charge is 0.496 e. The normalized spacial score (nSPS) is 8.87. The number of carbonyl (C=O) groups is 1. The van der Waals surface area contributed by atoms with Crippen molar-refractivity contribution in [1.82, 2.24) is 0 Å². The Labute approximate surface area is 107 Å². The molecule has 0 spiro atoms. The Hall–Kier alpha value is -1.11. The van der Waals surface area contributed by atoms with Gasteiger partial charge < -0.3 is 9.84 Å². The van der Waals surface area contributed by atoms with E-state index in [-0.39, 0.29) is 46.6 Å². The number of non-ortho nitro benzene ring substituents is 1. The van der Waals surface area contributed by atoms with Gasteiger partial charge >= 0.3 is 35.5 Å². The van der Waals surface area contributed by atoms with Gasteiger partial charge in [0.2, 0.25) is 0 Å². The molecule has 0 bridgehead atoms. The number of hydrogen-bond donors (Lipinski definition) is 1. The van der Waals surface area contributed by atoms with E-state index < -0.39 is 10.9 Å². The minimum absolute atomic E-state index is 0. The molecule has 74 valence electrons. The van der Waals surface area contributed by atoms with Crippen LogP contribution in [0.2, 0.25) is 0 Å². The van der Waals surface area contributed by atoms with Crippen LogP contribution >= 0.6 is 0 Å². The third-order valence-electron chi connectivity index (χ3n) is 1.62. The predicted molar refractivity (Wildman–Crippen MR) is 46.6 cm³/mol. The van der Waals surface area contributed by atoms with Crippen molar-refractivity contribution in [3.8, 4) is 5.75 Å². The predicted octanol–water partition coefficient (Wildman–Crippen LogP) is -1.69. The molecular weight excluding hydrogens is 213 g/mol. The first kappa shape index (κ1) is 13.9. The summed E-state index contributed by atoms with van der Waals surface area (Å²) in [4.78, 5) is 20.3. The van der Waals surface area contributed by atoms with E-state index in [1.807, 2.05) is 0 Å². The maximum atomic E-state index is 10.7. The maximum Gasteiger partial charge on any atom is 1.00 e. The summed E-state index contributed by atoms with van der Waals surface area (Å²) in [6, 6.07) is 3.40. The van der Waals surface area contributed by atoms with Crippen LogP contribution in [0.3, 0.4) is 0 Å². The summed E-state index contributed by atoms with van der Waals surface area (Å²) >= 11 is 0. The number of hydrogen-bond acceptors (Lipinski definition) is 4. The molecule has 1 rings (SSSR count). The molecule has 6 nitrogen and oxygen atoms in total. The number of nitrogens with zero attached hydrogens (tertiary/aromatic N) is 1. The van der Waals surface area contributed by atoms with Gasteiger partial charge in [-0.25, -0.2) is 4.79 Å². The Bertz CT molecular complexity index is 393. The molecule has 0 aromatic heterocycles. The van der Waals surface area contributed by atoms with E-state index in [2.05, 4.69) is 0 Å². The molecule has 0 fully saturated rings. The van der Waals surface area contributed by atoms with Gasteiger partial charge in [-0.05, 0) is 6.07 Å². The van der Waals surface area contributed by atoms with Crippen molar-refractivity contribution < 1.29 is 49.1 Å². The summed E-state index contributed by atoms with van der Waals surface area (Å²) in [5, 5.41) is 19.0. The van der Waals surface area contributed by atoms with E-state index >= 15 is 0 Å². The fourth-order valence-corrected chi connectivity index (χ4v) is 0.977. The summed E-state index contributed by atoms with van der Waals surface area (Å²) in [6.45, 7) is 0. The number of nitro benzene ring substituents is 1. The molecular formula is C8H7NNaO5+. The average Bonchev–Trinajstić information content (AvgIpc) is 2.16. The number of carboxylic acid groups (broad SMARTS) is 1. The monoisotopic (exact) mass is 220 g/mol. The number of aromatic carboxylic acids is 1. The van der Waals surface area contributed by atoms with Gasteiger partial charge in [0.25, 0.3) is 5.69 Å². The zero-order valence-electron chi connectivity index (χ0n) is 8.26. The van der Waals surface area contributed by atoms with Crippen LogP contribution in [-0.4, -0.2) is 23.1 Å². The standard InChI is InChI=1S/C8H7NO5.Na/c1-14-7-3-2-5(9(12)13)4-6(7)8(10)11;/h2-4H,1H3,(H,10,11);/q;+1. The fraction of sp³-hybridized carbons (Fsp3) is 0.125. The second kappa shape index (κ2) is 5.69. The van der Waals surface area contributed by atoms with Gasteiger partial charge in [0.15, 0.2) is 0 Å². The van der Waals surface area contributed by atoms with Gasteiger partial charge in [-0.15, -0.1) is 0 Å². The van der Waals surface area contributed by atoms with Crippen molar-refractivity contribution >= 4 is 11.7 Å². The number of methoxy groups -OCH3 is 1. The van der Waals surface area contributed by atoms with E-state index in [9.17, 15) is 14.9 Å². The van der Waals surface area contributed by atoms with Crippen LogP contribution in [0.25, 0.3) is 0 Å². The molecule has 0 aliphatic heterocycles. The number of ether oxygens (including phenoxy) is 1. The van der Waals surface area contributed by atoms with Crippen LogP contribution in [0.4, 0.5) is 5.69 Å². The van der Waals surface area contributed by atoms with Gasteiger partial charge in [0.05, 0.1) is 12.0 Å². The third kappa shape index (κ3) is 3.19. The SMILES string of the molecule is COc1ccc([N+](=O)[O-])cc1C(=O)O.[Na+]. The summed E-state index contributed by atoms with van der Waals surface area (Å²) in [5.41, 5.74) is -0.495. The molecule has 0 radical (unpaired) electrons. The van der Waals surface area contributed by atoms with E-state index in [1.165, 1.54) is 19.2 Å². The van der Waals surface area contributed by atoms with Crippen molar-refractivity contribution in [2.24, 2.45) is 0 Å². The van der Waals surface area contributed by atoms with Gasteiger partial charge in [0.1, 0.15) is 11.3 Å². The number of rotatable bonds is 3. The van der Waals surface area contributed by atoms with Gasteiger partial charge in [-0.3, -0.25) is 10.1 Å². The molecule has 0 unspecified atom stereocenters. The van der Waals surface area contributed by atoms with Crippen LogP contribution in [0.5, 0.6) is 5.75 Å². The Morgan fingerprint density at radius 3 is 2.53 bits per heavy atom. The zero-order chi connectivity index (χ0) is 10.7. The first-order chi connectivity index (χ1) is 6.56. The summed E-state index contributed by atoms with van der Waals surface area (Å²) in [5.74, 6) is -1.16. The average molecular weight is 220 g/mol. The molecule has 0 atom stereocenters. The first-order valence-electron chi connectivity index (χ1n) is 3.62. The Balaban J connectivity index is 0.00000196. The second-order valence-electron chi connectivity index (χ2n) is 2.45. The molecule has 0 saturated carbocycles. The molecule has 1 aromatic carbocycles. The minimum atomic E-state index is -1.26. The molecule has 0 saturated heterocycles. The molecule has 1 aromatic rings. The van der Waals surface area contributed by atoms with Crippen LogP contribution in [0.1, 0.15) is 10.4 Å². The second-order valence-corrected chi connectivity index (χ2v) is 2.45. The Morgan fingerprint density at radius 2 is 2.13 bits per heavy atom. The number of benzene rings is 1. The first-order valence-corrected chi connectivity index (χ1v) is 3.62. The molecule has 0 aliphatic rings. The van der Waals surface area contributed by atoms with Crippen LogP contribution in [0.15, 0.2) is 18.2 Å². The van der Waals surface area contributed by atoms with E-state index in [0.29, 0.717) is 0 Å². The van der Waals surface area contributed by atoms with Crippen LogP contribution < -0.4 is 34.3 Å². The van der Waals surface area contributed by atoms with E-state index in [4.69, 9.17) is 9.84 Å². The minimum Gasteiger partial charge on any atom is -0.496 e. The van der Waals surface area contributed by atoms with Gasteiger partial charge in [-0.1, -0.05) is 0 Å². The maximum absolute atomic E-state index is 10.7. The topological polar surface area (TPSA) is 89.7 Å². The van der Waals surface area contributed by atoms with Crippen LogP contribution in [0, 0.1) is 10.1 Å². The number of carboxylic acids is 1. The largest absolute Gasteiger partial charge is 1.00 e. The Kier molecular flexibility index (Phi) is 5.27. The van der Waals surface area contributed by atoms with Crippen molar-refractivity contribution in [3.05, 3.63) is 33.9 Å². The van der Waals surface area contributed by atoms with E-state index in [1.54, 1.807) is 0 Å². The van der Waals surface area contributed by atoms with Crippen LogP contribution in [-0.2, 0) is 0 Å². The number of nitro groups is 1. The van der Waals surface area contributed by atoms with Crippen molar-refractivity contribution in [2.45, 2.75) is 0 Å². The Morgan fingerprint density at radius 1 is 1.53 bits per heavy atom. The molecule has 0 amide bonds. The van der Waals surface area contributed by atoms with E-state index in [0.717, 1.165) is 6.07 Å². The molecule has 1 N–H and O–H groups in total. The zero-order valence-corrected chi connectivity index (χ0v) is 10.3. The summed E-state index contributed by atoms with van der Waals surface area (Å²) in [6.07, 6.45) is 0. The summed E-state index contributed by atoms with van der Waals surface area (Å²) in [7, 11) is 1.30. The third-order valence-corrected chi connectivity index (χ3v) is 1.62. The van der Waals surface area contributed by atoms with Crippen molar-refractivity contribution in [2.75, 3.05) is 7.11 Å². The van der Waals surface area contributed by atoms with Gasteiger partial charge in [0, 0.05) is 12.1 Å². The fourth-order valence-electron chi connectivity index (χ4n) is 0.977. The molecule has 0 aliphatic carbocycles. The molecule has 15 heavy (non-hydrogen) atoms. The molecule has 7 heteroatoms.